The molecule has 0 radical (unpaired) electrons. The number of para-hydroxylation sites is 1. The second-order valence-electron chi connectivity index (χ2n) is 8.23. The molecule has 0 aliphatic rings. The molecule has 4 rings (SSSR count). The molecule has 1 N–H and O–H groups in total. The zero-order valence-corrected chi connectivity index (χ0v) is 19.5. The van der Waals surface area contributed by atoms with E-state index in [1.165, 1.54) is 12.1 Å². The quantitative estimate of drug-likeness (QED) is 0.334. The molecule has 3 aromatic carbocycles. The van der Waals surface area contributed by atoms with Crippen molar-refractivity contribution in [1.82, 2.24) is 9.88 Å². The molecule has 4 aromatic rings. The summed E-state index contributed by atoms with van der Waals surface area (Å²) in [5.41, 5.74) is 4.16. The Bertz CT molecular complexity index is 1230. The van der Waals surface area contributed by atoms with Crippen LogP contribution in [0.15, 0.2) is 79.0 Å². The first kappa shape index (κ1) is 23.5. The van der Waals surface area contributed by atoms with Crippen LogP contribution < -0.4 is 10.1 Å². The van der Waals surface area contributed by atoms with E-state index in [2.05, 4.69) is 28.2 Å². The fraction of sp³-hybridized carbons (Fsp3) is 0.250. The standard InChI is InChI=1S/C28H29FN2O3/c1-33-16-15-30-28(32)17-25(21-9-11-22(29)12-10-21)26-19-31(27-6-4-3-5-24(26)27)18-20-7-13-23(34-2)14-8-20/h3-14,19,25H,15-18H2,1-2H3,(H,30,32). The maximum absolute atomic E-state index is 13.7. The van der Waals surface area contributed by atoms with Gasteiger partial charge in [0.1, 0.15) is 11.6 Å². The zero-order valence-electron chi connectivity index (χ0n) is 19.5. The Morgan fingerprint density at radius 3 is 2.44 bits per heavy atom. The Morgan fingerprint density at radius 1 is 1.00 bits per heavy atom. The van der Waals surface area contributed by atoms with E-state index in [9.17, 15) is 9.18 Å². The lowest BCUT2D eigenvalue weighted by molar-refractivity contribution is -0.121. The molecule has 0 bridgehead atoms. The van der Waals surface area contributed by atoms with Crippen molar-refractivity contribution in [1.29, 1.82) is 0 Å². The first-order chi connectivity index (χ1) is 16.6. The number of carbonyl (C=O) groups is 1. The molecule has 1 atom stereocenters. The topological polar surface area (TPSA) is 52.5 Å². The van der Waals surface area contributed by atoms with Gasteiger partial charge in [-0.15, -0.1) is 0 Å². The molecule has 1 aromatic heterocycles. The van der Waals surface area contributed by atoms with E-state index >= 15 is 0 Å². The number of hydrogen-bond acceptors (Lipinski definition) is 3. The van der Waals surface area contributed by atoms with Crippen molar-refractivity contribution in [2.45, 2.75) is 18.9 Å². The van der Waals surface area contributed by atoms with Crippen LogP contribution in [0.1, 0.15) is 29.0 Å². The number of nitrogens with zero attached hydrogens (tertiary/aromatic N) is 1. The van der Waals surface area contributed by atoms with Crippen LogP contribution in [0.2, 0.25) is 0 Å². The minimum absolute atomic E-state index is 0.0710. The Hall–Kier alpha value is -3.64. The van der Waals surface area contributed by atoms with Gasteiger partial charge in [-0.3, -0.25) is 4.79 Å². The average molecular weight is 461 g/mol. The van der Waals surface area contributed by atoms with Gasteiger partial charge in [0.05, 0.1) is 13.7 Å². The summed E-state index contributed by atoms with van der Waals surface area (Å²) < 4.78 is 26.2. The van der Waals surface area contributed by atoms with Crippen LogP contribution in [0.3, 0.4) is 0 Å². The lowest BCUT2D eigenvalue weighted by Gasteiger charge is -2.17. The normalized spacial score (nSPS) is 12.0. The molecule has 0 fully saturated rings. The van der Waals surface area contributed by atoms with Gasteiger partial charge in [0.25, 0.3) is 0 Å². The number of carbonyl (C=O) groups excluding carboxylic acids is 1. The molecule has 6 heteroatoms. The Morgan fingerprint density at radius 2 is 1.74 bits per heavy atom. The van der Waals surface area contributed by atoms with Gasteiger partial charge < -0.3 is 19.4 Å². The molecule has 0 aliphatic carbocycles. The highest BCUT2D eigenvalue weighted by Crippen LogP contribution is 2.35. The van der Waals surface area contributed by atoms with Crippen LogP contribution in [-0.4, -0.2) is 37.8 Å². The summed E-state index contributed by atoms with van der Waals surface area (Å²) in [6.07, 6.45) is 2.37. The van der Waals surface area contributed by atoms with Crippen molar-refractivity contribution in [3.05, 3.63) is 102 Å². The molecular formula is C28H29FN2O3. The summed E-state index contributed by atoms with van der Waals surface area (Å²) in [6, 6.07) is 22.6. The first-order valence-electron chi connectivity index (χ1n) is 11.3. The number of benzene rings is 3. The highest BCUT2D eigenvalue weighted by molar-refractivity contribution is 5.86. The van der Waals surface area contributed by atoms with Crippen LogP contribution >= 0.6 is 0 Å². The van der Waals surface area contributed by atoms with Crippen LogP contribution in [0.5, 0.6) is 5.75 Å². The number of ether oxygens (including phenoxy) is 2. The molecule has 1 amide bonds. The van der Waals surface area contributed by atoms with Gasteiger partial charge in [-0.1, -0.05) is 42.5 Å². The zero-order chi connectivity index (χ0) is 23.9. The number of amides is 1. The van der Waals surface area contributed by atoms with E-state index in [1.54, 1.807) is 26.4 Å². The molecule has 0 saturated carbocycles. The third kappa shape index (κ3) is 5.46. The van der Waals surface area contributed by atoms with Crippen molar-refractivity contribution in [3.63, 3.8) is 0 Å². The molecule has 176 valence electrons. The van der Waals surface area contributed by atoms with Crippen LogP contribution in [-0.2, 0) is 16.1 Å². The van der Waals surface area contributed by atoms with E-state index in [1.807, 2.05) is 36.4 Å². The average Bonchev–Trinajstić information content (AvgIpc) is 3.22. The van der Waals surface area contributed by atoms with Crippen molar-refractivity contribution < 1.29 is 18.7 Å². The van der Waals surface area contributed by atoms with Gasteiger partial charge in [0.15, 0.2) is 0 Å². The van der Waals surface area contributed by atoms with Gasteiger partial charge in [-0.25, -0.2) is 4.39 Å². The third-order valence-corrected chi connectivity index (χ3v) is 6.00. The number of hydrogen-bond donors (Lipinski definition) is 1. The molecule has 34 heavy (non-hydrogen) atoms. The molecule has 0 saturated heterocycles. The fourth-order valence-electron chi connectivity index (χ4n) is 4.26. The minimum Gasteiger partial charge on any atom is -0.497 e. The Balaban J connectivity index is 1.71. The van der Waals surface area contributed by atoms with Gasteiger partial charge in [0, 0.05) is 49.6 Å². The van der Waals surface area contributed by atoms with Crippen molar-refractivity contribution in [2.24, 2.45) is 0 Å². The van der Waals surface area contributed by atoms with Crippen LogP contribution in [0, 0.1) is 5.82 Å². The minimum atomic E-state index is -0.297. The number of fused-ring (bicyclic) bond motifs is 1. The van der Waals surface area contributed by atoms with E-state index in [-0.39, 0.29) is 24.1 Å². The lowest BCUT2D eigenvalue weighted by Crippen LogP contribution is -2.28. The van der Waals surface area contributed by atoms with E-state index in [0.29, 0.717) is 19.7 Å². The maximum Gasteiger partial charge on any atom is 0.221 e. The van der Waals surface area contributed by atoms with E-state index < -0.39 is 0 Å². The van der Waals surface area contributed by atoms with Gasteiger partial charge in [-0.05, 0) is 47.0 Å². The largest absolute Gasteiger partial charge is 0.497 e. The van der Waals surface area contributed by atoms with Gasteiger partial charge in [0.2, 0.25) is 5.91 Å². The number of methoxy groups -OCH3 is 2. The highest BCUT2D eigenvalue weighted by Gasteiger charge is 2.23. The molecule has 0 spiro atoms. The summed E-state index contributed by atoms with van der Waals surface area (Å²) in [7, 11) is 3.26. The van der Waals surface area contributed by atoms with E-state index in [4.69, 9.17) is 9.47 Å². The fourth-order valence-corrected chi connectivity index (χ4v) is 4.26. The highest BCUT2D eigenvalue weighted by atomic mass is 19.1. The second kappa shape index (κ2) is 11.0. The molecular weight excluding hydrogens is 431 g/mol. The summed E-state index contributed by atoms with van der Waals surface area (Å²) in [4.78, 5) is 12.8. The van der Waals surface area contributed by atoms with Gasteiger partial charge in [-0.2, -0.15) is 0 Å². The smallest absolute Gasteiger partial charge is 0.221 e. The Kier molecular flexibility index (Phi) is 7.60. The molecule has 1 unspecified atom stereocenters. The number of aromatic nitrogens is 1. The summed E-state index contributed by atoms with van der Waals surface area (Å²) in [6.45, 7) is 1.58. The maximum atomic E-state index is 13.7. The molecule has 1 heterocycles. The van der Waals surface area contributed by atoms with Gasteiger partial charge >= 0.3 is 0 Å². The van der Waals surface area contributed by atoms with Crippen molar-refractivity contribution in [2.75, 3.05) is 27.4 Å². The predicted octanol–water partition coefficient (Wildman–Crippen LogP) is 5.12. The van der Waals surface area contributed by atoms with Crippen LogP contribution in [0.4, 0.5) is 4.39 Å². The van der Waals surface area contributed by atoms with Crippen molar-refractivity contribution >= 4 is 16.8 Å². The number of halogens is 1. The summed E-state index contributed by atoms with van der Waals surface area (Å²) in [5, 5.41) is 3.99. The van der Waals surface area contributed by atoms with Crippen LogP contribution in [0.25, 0.3) is 10.9 Å². The van der Waals surface area contributed by atoms with Crippen molar-refractivity contribution in [3.8, 4) is 5.75 Å². The Labute approximate surface area is 199 Å². The summed E-state index contributed by atoms with van der Waals surface area (Å²) in [5.74, 6) is 0.232. The summed E-state index contributed by atoms with van der Waals surface area (Å²) >= 11 is 0. The third-order valence-electron chi connectivity index (χ3n) is 6.00. The monoisotopic (exact) mass is 460 g/mol. The molecule has 0 aliphatic heterocycles. The van der Waals surface area contributed by atoms with E-state index in [0.717, 1.165) is 33.3 Å². The first-order valence-corrected chi connectivity index (χ1v) is 11.3. The molecule has 5 nitrogen and oxygen atoms in total. The second-order valence-corrected chi connectivity index (χ2v) is 8.23. The SMILES string of the molecule is COCCNC(=O)CC(c1ccc(F)cc1)c1cn(Cc2ccc(OC)cc2)c2ccccc12. The predicted molar refractivity (Wildman–Crippen MR) is 132 cm³/mol. The number of nitrogens with one attached hydrogen (secondary N) is 1. The lowest BCUT2D eigenvalue weighted by atomic mass is 9.88. The number of rotatable bonds is 10.